The molecule has 4 aromatic rings. The molecule has 1 aromatic heterocycles. The van der Waals surface area contributed by atoms with Crippen molar-refractivity contribution >= 4 is 23.5 Å². The molecular formula is C26H27N5O2S. The van der Waals surface area contributed by atoms with Crippen molar-refractivity contribution in [3.63, 3.8) is 0 Å². The first kappa shape index (κ1) is 23.4. The molecule has 0 fully saturated rings. The van der Waals surface area contributed by atoms with Gasteiger partial charge in [-0.25, -0.2) is 4.79 Å². The van der Waals surface area contributed by atoms with E-state index in [9.17, 15) is 4.79 Å². The van der Waals surface area contributed by atoms with Crippen LogP contribution >= 0.6 is 11.8 Å². The van der Waals surface area contributed by atoms with Crippen LogP contribution in [-0.2, 0) is 12.3 Å². The van der Waals surface area contributed by atoms with Gasteiger partial charge in [-0.15, -0.1) is 10.2 Å². The first-order valence-corrected chi connectivity index (χ1v) is 11.9. The number of aryl methyl sites for hydroxylation is 2. The summed E-state index contributed by atoms with van der Waals surface area (Å²) in [6, 6.07) is 23.3. The highest BCUT2D eigenvalue weighted by atomic mass is 32.2. The van der Waals surface area contributed by atoms with Crippen LogP contribution < -0.4 is 15.4 Å². The van der Waals surface area contributed by atoms with Crippen LogP contribution in [0.2, 0.25) is 0 Å². The Morgan fingerprint density at radius 3 is 2.41 bits per heavy atom. The van der Waals surface area contributed by atoms with Gasteiger partial charge in [-0.1, -0.05) is 53.7 Å². The minimum atomic E-state index is -0.322. The molecule has 0 atom stereocenters. The highest BCUT2D eigenvalue weighted by molar-refractivity contribution is 7.98. The number of hydrogen-bond acceptors (Lipinski definition) is 5. The van der Waals surface area contributed by atoms with Crippen LogP contribution in [0.1, 0.15) is 22.5 Å². The van der Waals surface area contributed by atoms with Crippen LogP contribution in [0.25, 0.3) is 5.69 Å². The molecule has 0 radical (unpaired) electrons. The Kier molecular flexibility index (Phi) is 7.49. The number of thioether (sulfide) groups is 1. The molecule has 3 aromatic carbocycles. The summed E-state index contributed by atoms with van der Waals surface area (Å²) in [6.07, 6.45) is 0. The van der Waals surface area contributed by atoms with Crippen LogP contribution in [0.3, 0.4) is 0 Å². The monoisotopic (exact) mass is 473 g/mol. The van der Waals surface area contributed by atoms with E-state index in [0.717, 1.165) is 22.3 Å². The van der Waals surface area contributed by atoms with Gasteiger partial charge in [0.2, 0.25) is 0 Å². The summed E-state index contributed by atoms with van der Waals surface area (Å²) < 4.78 is 7.15. The van der Waals surface area contributed by atoms with E-state index in [1.807, 2.05) is 28.8 Å². The summed E-state index contributed by atoms with van der Waals surface area (Å²) in [5, 5.41) is 15.3. The molecule has 1 heterocycles. The van der Waals surface area contributed by atoms with Gasteiger partial charge in [-0.2, -0.15) is 0 Å². The van der Waals surface area contributed by atoms with Crippen molar-refractivity contribution in [3.05, 3.63) is 95.3 Å². The molecule has 0 aliphatic carbocycles. The highest BCUT2D eigenvalue weighted by Gasteiger charge is 2.16. The second-order valence-electron chi connectivity index (χ2n) is 7.82. The maximum absolute atomic E-state index is 12.5. The van der Waals surface area contributed by atoms with E-state index in [-0.39, 0.29) is 12.6 Å². The van der Waals surface area contributed by atoms with Crippen molar-refractivity contribution in [1.82, 2.24) is 20.1 Å². The Balaban J connectivity index is 1.50. The molecule has 4 rings (SSSR count). The molecule has 0 bridgehead atoms. The number of aromatic nitrogens is 3. The first-order valence-electron chi connectivity index (χ1n) is 10.9. The number of benzene rings is 3. The summed E-state index contributed by atoms with van der Waals surface area (Å²) in [5.41, 5.74) is 5.30. The molecule has 0 saturated carbocycles. The third-order valence-electron chi connectivity index (χ3n) is 5.37. The van der Waals surface area contributed by atoms with E-state index < -0.39 is 0 Å². The van der Waals surface area contributed by atoms with Gasteiger partial charge in [0.15, 0.2) is 11.0 Å². The minimum absolute atomic E-state index is 0.230. The largest absolute Gasteiger partial charge is 0.497 e. The zero-order valence-electron chi connectivity index (χ0n) is 19.4. The summed E-state index contributed by atoms with van der Waals surface area (Å²) in [5.74, 6) is 2.16. The lowest BCUT2D eigenvalue weighted by atomic mass is 10.1. The minimum Gasteiger partial charge on any atom is -0.497 e. The Hall–Kier alpha value is -3.78. The van der Waals surface area contributed by atoms with Crippen molar-refractivity contribution in [2.24, 2.45) is 0 Å². The van der Waals surface area contributed by atoms with E-state index in [2.05, 4.69) is 58.9 Å². The van der Waals surface area contributed by atoms with Gasteiger partial charge in [0.1, 0.15) is 5.75 Å². The number of ether oxygens (including phenoxy) is 1. The van der Waals surface area contributed by atoms with E-state index in [4.69, 9.17) is 4.74 Å². The number of nitrogens with one attached hydrogen (secondary N) is 2. The zero-order chi connectivity index (χ0) is 23.9. The van der Waals surface area contributed by atoms with Crippen LogP contribution in [0.4, 0.5) is 10.5 Å². The standard InChI is InChI=1S/C26H27N5O2S/c1-18-8-12-22(13-9-18)31-24(16-27-25(32)28-21-10-14-23(33-3)15-11-21)29-30-26(31)34-17-20-7-5-4-6-19(20)2/h4-15H,16-17H2,1-3H3,(H2,27,28,32). The Morgan fingerprint density at radius 1 is 0.971 bits per heavy atom. The number of anilines is 1. The lowest BCUT2D eigenvalue weighted by Gasteiger charge is -2.12. The van der Waals surface area contributed by atoms with Gasteiger partial charge in [-0.3, -0.25) is 4.57 Å². The van der Waals surface area contributed by atoms with Crippen LogP contribution in [-0.4, -0.2) is 27.9 Å². The number of carbonyl (C=O) groups is 1. The maximum atomic E-state index is 12.5. The SMILES string of the molecule is COc1ccc(NC(=O)NCc2nnc(SCc3ccccc3C)n2-c2ccc(C)cc2)cc1. The Morgan fingerprint density at radius 2 is 1.71 bits per heavy atom. The molecule has 34 heavy (non-hydrogen) atoms. The first-order chi connectivity index (χ1) is 16.5. The van der Waals surface area contributed by atoms with E-state index >= 15 is 0 Å². The van der Waals surface area contributed by atoms with Crippen LogP contribution in [0.15, 0.2) is 78.0 Å². The van der Waals surface area contributed by atoms with Crippen molar-refractivity contribution in [1.29, 1.82) is 0 Å². The molecule has 0 aliphatic heterocycles. The third-order valence-corrected chi connectivity index (χ3v) is 6.34. The van der Waals surface area contributed by atoms with E-state index in [1.165, 1.54) is 16.7 Å². The van der Waals surface area contributed by atoms with Crippen LogP contribution in [0, 0.1) is 13.8 Å². The van der Waals surface area contributed by atoms with Crippen LogP contribution in [0.5, 0.6) is 5.75 Å². The maximum Gasteiger partial charge on any atom is 0.319 e. The third kappa shape index (κ3) is 5.77. The molecule has 8 heteroatoms. The molecular weight excluding hydrogens is 446 g/mol. The van der Waals surface area contributed by atoms with Crippen molar-refractivity contribution in [3.8, 4) is 11.4 Å². The Labute approximate surface area is 203 Å². The fourth-order valence-corrected chi connectivity index (χ4v) is 4.43. The molecule has 174 valence electrons. The molecule has 0 saturated heterocycles. The smallest absolute Gasteiger partial charge is 0.319 e. The van der Waals surface area contributed by atoms with E-state index in [1.54, 1.807) is 43.1 Å². The summed E-state index contributed by atoms with van der Waals surface area (Å²) in [4.78, 5) is 12.5. The molecule has 7 nitrogen and oxygen atoms in total. The van der Waals surface area contributed by atoms with Crippen molar-refractivity contribution in [2.45, 2.75) is 31.3 Å². The highest BCUT2D eigenvalue weighted by Crippen LogP contribution is 2.26. The predicted octanol–water partition coefficient (Wildman–Crippen LogP) is 5.51. The van der Waals surface area contributed by atoms with Crippen molar-refractivity contribution < 1.29 is 9.53 Å². The number of rotatable bonds is 8. The summed E-state index contributed by atoms with van der Waals surface area (Å²) in [7, 11) is 1.60. The topological polar surface area (TPSA) is 81.1 Å². The predicted molar refractivity (Wildman–Crippen MR) is 136 cm³/mol. The van der Waals surface area contributed by atoms with Gasteiger partial charge < -0.3 is 15.4 Å². The number of urea groups is 1. The lowest BCUT2D eigenvalue weighted by Crippen LogP contribution is -2.29. The van der Waals surface area contributed by atoms with Gasteiger partial charge >= 0.3 is 6.03 Å². The van der Waals surface area contributed by atoms with Gasteiger partial charge in [0.25, 0.3) is 0 Å². The van der Waals surface area contributed by atoms with Gasteiger partial charge in [0.05, 0.1) is 13.7 Å². The average molecular weight is 474 g/mol. The zero-order valence-corrected chi connectivity index (χ0v) is 20.2. The second kappa shape index (κ2) is 10.9. The fraction of sp³-hybridized carbons (Fsp3) is 0.192. The normalized spacial score (nSPS) is 10.7. The van der Waals surface area contributed by atoms with Gasteiger partial charge in [0, 0.05) is 17.1 Å². The number of hydrogen-bond donors (Lipinski definition) is 2. The molecule has 2 N–H and O–H groups in total. The number of methoxy groups -OCH3 is 1. The summed E-state index contributed by atoms with van der Waals surface area (Å²) in [6.45, 7) is 4.39. The Bertz CT molecular complexity index is 1250. The lowest BCUT2D eigenvalue weighted by molar-refractivity contribution is 0.251. The number of nitrogens with zero attached hydrogens (tertiary/aromatic N) is 3. The summed E-state index contributed by atoms with van der Waals surface area (Å²) >= 11 is 1.62. The molecule has 0 spiro atoms. The molecule has 2 amide bonds. The van der Waals surface area contributed by atoms with Crippen molar-refractivity contribution in [2.75, 3.05) is 12.4 Å². The molecule has 0 unspecified atom stereocenters. The molecule has 0 aliphatic rings. The fourth-order valence-electron chi connectivity index (χ4n) is 3.38. The average Bonchev–Trinajstić information content (AvgIpc) is 3.26. The second-order valence-corrected chi connectivity index (χ2v) is 8.76. The van der Waals surface area contributed by atoms with Gasteiger partial charge in [-0.05, 0) is 61.4 Å². The van der Waals surface area contributed by atoms with E-state index in [0.29, 0.717) is 11.5 Å². The number of carbonyl (C=O) groups excluding carboxylic acids is 1. The number of amides is 2. The quantitative estimate of drug-likeness (QED) is 0.330.